The Morgan fingerprint density at radius 3 is 2.60 bits per heavy atom. The highest BCUT2D eigenvalue weighted by Crippen LogP contribution is 2.22. The standard InChI is InChI=1S/C19H21N3O3/c1-4-5-7-12-18(24)25-13-17(23)20-19-14(2)21-22(15(19)3)16-10-8-6-9-11-16/h4-12H,13H2,1-3H3,(H,20,23)/b5-4+,12-7+. The van der Waals surface area contributed by atoms with Gasteiger partial charge in [0.2, 0.25) is 0 Å². The van der Waals surface area contributed by atoms with Crippen LogP contribution in [0.15, 0.2) is 54.6 Å². The molecule has 0 unspecified atom stereocenters. The average molecular weight is 339 g/mol. The number of amides is 1. The van der Waals surface area contributed by atoms with Crippen LogP contribution in [0.2, 0.25) is 0 Å². The number of hydrogen-bond acceptors (Lipinski definition) is 4. The van der Waals surface area contributed by atoms with Crippen LogP contribution in [-0.2, 0) is 14.3 Å². The van der Waals surface area contributed by atoms with E-state index in [1.54, 1.807) is 22.9 Å². The first-order valence-electron chi connectivity index (χ1n) is 7.90. The Bertz CT molecular complexity index is 805. The van der Waals surface area contributed by atoms with Gasteiger partial charge in [0.15, 0.2) is 6.61 Å². The lowest BCUT2D eigenvalue weighted by atomic mass is 10.3. The van der Waals surface area contributed by atoms with E-state index in [1.807, 2.05) is 51.1 Å². The SMILES string of the molecule is C/C=C/C=C/C(=O)OCC(=O)Nc1c(C)nn(-c2ccccc2)c1C. The number of aromatic nitrogens is 2. The maximum Gasteiger partial charge on any atom is 0.331 e. The van der Waals surface area contributed by atoms with Crippen molar-refractivity contribution in [1.29, 1.82) is 0 Å². The molecule has 130 valence electrons. The number of benzene rings is 1. The molecule has 6 nitrogen and oxygen atoms in total. The summed E-state index contributed by atoms with van der Waals surface area (Å²) in [7, 11) is 0. The van der Waals surface area contributed by atoms with E-state index in [0.29, 0.717) is 11.4 Å². The van der Waals surface area contributed by atoms with Crippen LogP contribution in [0.25, 0.3) is 5.69 Å². The summed E-state index contributed by atoms with van der Waals surface area (Å²) in [6.45, 7) is 5.17. The van der Waals surface area contributed by atoms with Gasteiger partial charge in [0, 0.05) is 6.08 Å². The fraction of sp³-hybridized carbons (Fsp3) is 0.211. The molecule has 1 N–H and O–H groups in total. The molecule has 1 aromatic carbocycles. The van der Waals surface area contributed by atoms with Gasteiger partial charge >= 0.3 is 5.97 Å². The predicted molar refractivity (Wildman–Crippen MR) is 96.6 cm³/mol. The topological polar surface area (TPSA) is 73.2 Å². The van der Waals surface area contributed by atoms with Gasteiger partial charge in [-0.05, 0) is 32.9 Å². The highest BCUT2D eigenvalue weighted by atomic mass is 16.5. The average Bonchev–Trinajstić information content (AvgIpc) is 2.89. The van der Waals surface area contributed by atoms with Gasteiger partial charge in [0.1, 0.15) is 0 Å². The highest BCUT2D eigenvalue weighted by molar-refractivity contribution is 5.94. The minimum atomic E-state index is -0.568. The summed E-state index contributed by atoms with van der Waals surface area (Å²) < 4.78 is 6.66. The van der Waals surface area contributed by atoms with Crippen molar-refractivity contribution in [2.24, 2.45) is 0 Å². The van der Waals surface area contributed by atoms with Crippen LogP contribution < -0.4 is 5.32 Å². The fourth-order valence-corrected chi connectivity index (χ4v) is 2.25. The summed E-state index contributed by atoms with van der Waals surface area (Å²) in [6.07, 6.45) is 6.30. The molecule has 0 bridgehead atoms. The molecule has 25 heavy (non-hydrogen) atoms. The molecular weight excluding hydrogens is 318 g/mol. The summed E-state index contributed by atoms with van der Waals surface area (Å²) in [6, 6.07) is 9.64. The van der Waals surface area contributed by atoms with Gasteiger partial charge in [0.05, 0.1) is 22.8 Å². The van der Waals surface area contributed by atoms with Gasteiger partial charge < -0.3 is 10.1 Å². The predicted octanol–water partition coefficient (Wildman–Crippen LogP) is 3.10. The maximum absolute atomic E-state index is 12.0. The number of carbonyl (C=O) groups excluding carboxylic acids is 2. The molecule has 0 atom stereocenters. The Hall–Kier alpha value is -3.15. The zero-order valence-electron chi connectivity index (χ0n) is 14.5. The summed E-state index contributed by atoms with van der Waals surface area (Å²) in [5, 5.41) is 7.21. The number of rotatable bonds is 6. The second-order valence-electron chi connectivity index (χ2n) is 5.33. The minimum absolute atomic E-state index is 0.353. The third-order valence-corrected chi connectivity index (χ3v) is 3.44. The van der Waals surface area contributed by atoms with Gasteiger partial charge in [-0.1, -0.05) is 36.4 Å². The lowest BCUT2D eigenvalue weighted by Gasteiger charge is -2.07. The van der Waals surface area contributed by atoms with Crippen molar-refractivity contribution in [2.75, 3.05) is 11.9 Å². The first kappa shape index (κ1) is 18.2. The molecule has 0 radical (unpaired) electrons. The number of esters is 1. The molecule has 0 aliphatic carbocycles. The number of allylic oxidation sites excluding steroid dienone is 3. The number of nitrogens with one attached hydrogen (secondary N) is 1. The molecule has 2 rings (SSSR count). The van der Waals surface area contributed by atoms with E-state index in [-0.39, 0.29) is 6.61 Å². The number of nitrogens with zero attached hydrogens (tertiary/aromatic N) is 2. The van der Waals surface area contributed by atoms with Crippen molar-refractivity contribution in [3.63, 3.8) is 0 Å². The van der Waals surface area contributed by atoms with Crippen LogP contribution in [0.1, 0.15) is 18.3 Å². The second kappa shape index (κ2) is 8.63. The van der Waals surface area contributed by atoms with Gasteiger partial charge in [0.25, 0.3) is 5.91 Å². The first-order valence-corrected chi connectivity index (χ1v) is 7.90. The molecule has 1 aromatic heterocycles. The van der Waals surface area contributed by atoms with Gasteiger partial charge in [-0.3, -0.25) is 4.79 Å². The Morgan fingerprint density at radius 1 is 1.20 bits per heavy atom. The van der Waals surface area contributed by atoms with Gasteiger partial charge in [-0.2, -0.15) is 5.10 Å². The normalized spacial score (nSPS) is 11.2. The van der Waals surface area contributed by atoms with Crippen molar-refractivity contribution in [1.82, 2.24) is 9.78 Å². The van der Waals surface area contributed by atoms with E-state index < -0.39 is 11.9 Å². The lowest BCUT2D eigenvalue weighted by Crippen LogP contribution is -2.20. The zero-order chi connectivity index (χ0) is 18.2. The molecule has 1 amide bonds. The van der Waals surface area contributed by atoms with Crippen molar-refractivity contribution < 1.29 is 14.3 Å². The fourth-order valence-electron chi connectivity index (χ4n) is 2.25. The van der Waals surface area contributed by atoms with Crippen molar-refractivity contribution in [3.05, 3.63) is 66.0 Å². The Balaban J connectivity index is 2.02. The van der Waals surface area contributed by atoms with Gasteiger partial charge in [-0.15, -0.1) is 0 Å². The Morgan fingerprint density at radius 2 is 1.92 bits per heavy atom. The quantitative estimate of drug-likeness (QED) is 0.499. The van der Waals surface area contributed by atoms with Crippen LogP contribution in [-0.4, -0.2) is 28.3 Å². The highest BCUT2D eigenvalue weighted by Gasteiger charge is 2.15. The number of anilines is 1. The lowest BCUT2D eigenvalue weighted by molar-refractivity contribution is -0.142. The zero-order valence-corrected chi connectivity index (χ0v) is 14.5. The van der Waals surface area contributed by atoms with Crippen LogP contribution in [0.4, 0.5) is 5.69 Å². The maximum atomic E-state index is 12.0. The number of aryl methyl sites for hydroxylation is 1. The van der Waals surface area contributed by atoms with E-state index in [4.69, 9.17) is 4.74 Å². The molecule has 0 aliphatic heterocycles. The Labute approximate surface area is 146 Å². The molecule has 0 saturated carbocycles. The Kier molecular flexibility index (Phi) is 6.28. The third-order valence-electron chi connectivity index (χ3n) is 3.44. The van der Waals surface area contributed by atoms with Gasteiger partial charge in [-0.25, -0.2) is 9.48 Å². The second-order valence-corrected chi connectivity index (χ2v) is 5.33. The summed E-state index contributed by atoms with van der Waals surface area (Å²) in [5.74, 6) is -0.978. The molecule has 0 saturated heterocycles. The van der Waals surface area contributed by atoms with Crippen molar-refractivity contribution in [2.45, 2.75) is 20.8 Å². The summed E-state index contributed by atoms with van der Waals surface area (Å²) >= 11 is 0. The molecule has 2 aromatic rings. The van der Waals surface area contributed by atoms with E-state index in [2.05, 4.69) is 10.4 Å². The summed E-state index contributed by atoms with van der Waals surface area (Å²) in [4.78, 5) is 23.5. The number of ether oxygens (including phenoxy) is 1. The summed E-state index contributed by atoms with van der Waals surface area (Å²) in [5.41, 5.74) is 3.02. The third kappa shape index (κ3) is 4.91. The van der Waals surface area contributed by atoms with E-state index >= 15 is 0 Å². The van der Waals surface area contributed by atoms with E-state index in [9.17, 15) is 9.59 Å². The van der Waals surface area contributed by atoms with E-state index in [0.717, 1.165) is 11.4 Å². The minimum Gasteiger partial charge on any atom is -0.452 e. The van der Waals surface area contributed by atoms with E-state index in [1.165, 1.54) is 6.08 Å². The molecule has 1 heterocycles. The van der Waals surface area contributed by atoms with Crippen LogP contribution in [0.5, 0.6) is 0 Å². The van der Waals surface area contributed by atoms with Crippen molar-refractivity contribution in [3.8, 4) is 5.69 Å². The molecular formula is C19H21N3O3. The first-order chi connectivity index (χ1) is 12.0. The molecule has 0 fully saturated rings. The largest absolute Gasteiger partial charge is 0.452 e. The van der Waals surface area contributed by atoms with Crippen molar-refractivity contribution >= 4 is 17.6 Å². The molecule has 0 spiro atoms. The molecule has 6 heteroatoms. The van der Waals surface area contributed by atoms with Crippen LogP contribution in [0.3, 0.4) is 0 Å². The number of hydrogen-bond donors (Lipinski definition) is 1. The number of carbonyl (C=O) groups is 2. The number of para-hydroxylation sites is 1. The smallest absolute Gasteiger partial charge is 0.331 e. The van der Waals surface area contributed by atoms with Crippen LogP contribution >= 0.6 is 0 Å². The van der Waals surface area contributed by atoms with Crippen LogP contribution in [0, 0.1) is 13.8 Å². The molecule has 0 aliphatic rings. The monoisotopic (exact) mass is 339 g/mol.